The molecule has 0 spiro atoms. The van der Waals surface area contributed by atoms with E-state index in [9.17, 15) is 9.90 Å². The van der Waals surface area contributed by atoms with Crippen LogP contribution in [0.4, 0.5) is 0 Å². The zero-order chi connectivity index (χ0) is 12.1. The first-order chi connectivity index (χ1) is 7.67. The van der Waals surface area contributed by atoms with Crippen LogP contribution in [-0.2, 0) is 13.2 Å². The van der Waals surface area contributed by atoms with Gasteiger partial charge in [-0.25, -0.2) is 0 Å². The molecule has 16 heavy (non-hydrogen) atoms. The van der Waals surface area contributed by atoms with Crippen LogP contribution in [0.25, 0.3) is 0 Å². The SMILES string of the molecule is COc1c(CO)cc(OC)c(=O)cc1CO. The predicted molar refractivity (Wildman–Crippen MR) is 57.7 cm³/mol. The fourth-order valence-electron chi connectivity index (χ4n) is 1.45. The molecular formula is C11H14O5. The summed E-state index contributed by atoms with van der Waals surface area (Å²) in [4.78, 5) is 11.6. The van der Waals surface area contributed by atoms with Gasteiger partial charge in [-0.3, -0.25) is 4.79 Å². The normalized spacial score (nSPS) is 10.0. The average Bonchev–Trinajstić information content (AvgIpc) is 2.44. The van der Waals surface area contributed by atoms with Crippen LogP contribution < -0.4 is 14.9 Å². The lowest BCUT2D eigenvalue weighted by molar-refractivity contribution is 0.261. The van der Waals surface area contributed by atoms with Gasteiger partial charge < -0.3 is 19.7 Å². The van der Waals surface area contributed by atoms with Gasteiger partial charge in [0.15, 0.2) is 5.75 Å². The van der Waals surface area contributed by atoms with Crippen LogP contribution in [0.15, 0.2) is 16.9 Å². The van der Waals surface area contributed by atoms with E-state index in [0.29, 0.717) is 16.9 Å². The summed E-state index contributed by atoms with van der Waals surface area (Å²) >= 11 is 0. The maximum Gasteiger partial charge on any atom is 0.220 e. The summed E-state index contributed by atoms with van der Waals surface area (Å²) in [7, 11) is 2.77. The summed E-state index contributed by atoms with van der Waals surface area (Å²) in [5, 5.41) is 18.3. The molecule has 1 aromatic carbocycles. The third kappa shape index (κ3) is 2.32. The minimum absolute atomic E-state index is 0.0991. The highest BCUT2D eigenvalue weighted by Crippen LogP contribution is 2.24. The zero-order valence-corrected chi connectivity index (χ0v) is 9.19. The zero-order valence-electron chi connectivity index (χ0n) is 9.19. The van der Waals surface area contributed by atoms with Crippen molar-refractivity contribution in [2.75, 3.05) is 14.2 Å². The predicted octanol–water partition coefficient (Wildman–Crippen LogP) is 0.0486. The lowest BCUT2D eigenvalue weighted by atomic mass is 10.2. The molecule has 0 radical (unpaired) electrons. The molecule has 88 valence electrons. The molecule has 0 unspecified atom stereocenters. The maximum absolute atomic E-state index is 11.6. The summed E-state index contributed by atoms with van der Waals surface area (Å²) in [6.45, 7) is -0.649. The van der Waals surface area contributed by atoms with Gasteiger partial charge in [0.05, 0.1) is 27.4 Å². The summed E-state index contributed by atoms with van der Waals surface area (Å²) in [5.74, 6) is 0.396. The summed E-state index contributed by atoms with van der Waals surface area (Å²) < 4.78 is 9.94. The Kier molecular flexibility index (Phi) is 4.28. The van der Waals surface area contributed by atoms with Crippen molar-refractivity contribution in [3.8, 4) is 11.5 Å². The average molecular weight is 226 g/mol. The molecule has 0 fully saturated rings. The second-order valence-corrected chi connectivity index (χ2v) is 3.12. The second kappa shape index (κ2) is 5.48. The van der Waals surface area contributed by atoms with Crippen LogP contribution in [0, 0.1) is 0 Å². The Morgan fingerprint density at radius 2 is 1.62 bits per heavy atom. The van der Waals surface area contributed by atoms with Gasteiger partial charge in [-0.1, -0.05) is 0 Å². The van der Waals surface area contributed by atoms with Crippen LogP contribution in [0.3, 0.4) is 0 Å². The standard InChI is InChI=1S/C11H14O5/c1-15-10-4-8(6-13)11(16-2)7(5-12)3-9(10)14/h3-4,12-13H,5-6H2,1-2H3. The van der Waals surface area contributed by atoms with Gasteiger partial charge in [0.1, 0.15) is 5.75 Å². The van der Waals surface area contributed by atoms with Crippen molar-refractivity contribution in [1.82, 2.24) is 0 Å². The molecule has 1 rings (SSSR count). The number of hydrogen-bond donors (Lipinski definition) is 2. The van der Waals surface area contributed by atoms with E-state index in [-0.39, 0.29) is 24.4 Å². The molecule has 0 aliphatic rings. The van der Waals surface area contributed by atoms with Crippen molar-refractivity contribution in [2.45, 2.75) is 13.2 Å². The maximum atomic E-state index is 11.6. The van der Waals surface area contributed by atoms with Crippen molar-refractivity contribution in [1.29, 1.82) is 0 Å². The van der Waals surface area contributed by atoms with Crippen LogP contribution in [0.1, 0.15) is 11.1 Å². The molecule has 2 N–H and O–H groups in total. The van der Waals surface area contributed by atoms with Crippen molar-refractivity contribution in [3.63, 3.8) is 0 Å². The Bertz CT molecular complexity index is 428. The molecule has 0 bridgehead atoms. The van der Waals surface area contributed by atoms with Gasteiger partial charge in [-0.15, -0.1) is 0 Å². The summed E-state index contributed by atoms with van der Waals surface area (Å²) in [5.41, 5.74) is 0.343. The molecule has 0 saturated carbocycles. The first-order valence-corrected chi connectivity index (χ1v) is 4.67. The van der Waals surface area contributed by atoms with Gasteiger partial charge >= 0.3 is 0 Å². The Morgan fingerprint density at radius 3 is 2.06 bits per heavy atom. The molecule has 5 nitrogen and oxygen atoms in total. The molecule has 5 heteroatoms. The molecule has 0 atom stereocenters. The van der Waals surface area contributed by atoms with Crippen molar-refractivity contribution in [3.05, 3.63) is 33.5 Å². The van der Waals surface area contributed by atoms with Crippen LogP contribution >= 0.6 is 0 Å². The third-order valence-electron chi connectivity index (χ3n) is 2.20. The number of aliphatic hydroxyl groups is 2. The molecule has 0 heterocycles. The number of hydrogen-bond acceptors (Lipinski definition) is 5. The monoisotopic (exact) mass is 226 g/mol. The minimum atomic E-state index is -0.371. The van der Waals surface area contributed by atoms with E-state index in [0.717, 1.165) is 0 Å². The van der Waals surface area contributed by atoms with E-state index in [1.54, 1.807) is 0 Å². The van der Waals surface area contributed by atoms with Crippen LogP contribution in [-0.4, -0.2) is 24.4 Å². The molecule has 0 aromatic heterocycles. The molecule has 0 amide bonds. The quantitative estimate of drug-likeness (QED) is 0.758. The Labute approximate surface area is 92.9 Å². The lowest BCUT2D eigenvalue weighted by Gasteiger charge is -2.06. The van der Waals surface area contributed by atoms with E-state index in [4.69, 9.17) is 14.6 Å². The molecule has 0 aliphatic carbocycles. The van der Waals surface area contributed by atoms with Crippen molar-refractivity contribution in [2.24, 2.45) is 0 Å². The number of rotatable bonds is 4. The van der Waals surface area contributed by atoms with Gasteiger partial charge in [-0.05, 0) is 12.1 Å². The number of methoxy groups -OCH3 is 2. The van der Waals surface area contributed by atoms with Gasteiger partial charge in [0.25, 0.3) is 0 Å². The lowest BCUT2D eigenvalue weighted by Crippen LogP contribution is -2.01. The first-order valence-electron chi connectivity index (χ1n) is 4.67. The molecule has 0 saturated heterocycles. The largest absolute Gasteiger partial charge is 0.496 e. The minimum Gasteiger partial charge on any atom is -0.496 e. The summed E-state index contributed by atoms with van der Waals surface area (Å²) in [6, 6.07) is 2.64. The molecule has 1 aromatic rings. The second-order valence-electron chi connectivity index (χ2n) is 3.12. The Hall–Kier alpha value is -1.59. The smallest absolute Gasteiger partial charge is 0.220 e. The molecule has 0 aliphatic heterocycles. The van der Waals surface area contributed by atoms with E-state index < -0.39 is 0 Å². The van der Waals surface area contributed by atoms with Crippen LogP contribution in [0.2, 0.25) is 0 Å². The summed E-state index contributed by atoms with van der Waals surface area (Å²) in [6.07, 6.45) is 0. The van der Waals surface area contributed by atoms with E-state index in [1.807, 2.05) is 0 Å². The van der Waals surface area contributed by atoms with E-state index in [1.165, 1.54) is 26.4 Å². The van der Waals surface area contributed by atoms with E-state index >= 15 is 0 Å². The number of ether oxygens (including phenoxy) is 2. The fraction of sp³-hybridized carbons (Fsp3) is 0.364. The highest BCUT2D eigenvalue weighted by Gasteiger charge is 2.10. The van der Waals surface area contributed by atoms with Gasteiger partial charge in [0, 0.05) is 11.1 Å². The molecular weight excluding hydrogens is 212 g/mol. The Morgan fingerprint density at radius 1 is 1.06 bits per heavy atom. The highest BCUT2D eigenvalue weighted by molar-refractivity contribution is 5.43. The fourth-order valence-corrected chi connectivity index (χ4v) is 1.45. The number of aliphatic hydroxyl groups excluding tert-OH is 2. The third-order valence-corrected chi connectivity index (χ3v) is 2.20. The topological polar surface area (TPSA) is 76.0 Å². The van der Waals surface area contributed by atoms with Gasteiger partial charge in [0.2, 0.25) is 5.43 Å². The highest BCUT2D eigenvalue weighted by atomic mass is 16.5. The van der Waals surface area contributed by atoms with E-state index in [2.05, 4.69) is 0 Å². The van der Waals surface area contributed by atoms with Gasteiger partial charge in [-0.2, -0.15) is 0 Å². The Balaban J connectivity index is 3.61. The van der Waals surface area contributed by atoms with Crippen molar-refractivity contribution >= 4 is 0 Å². The van der Waals surface area contributed by atoms with Crippen molar-refractivity contribution < 1.29 is 19.7 Å². The van der Waals surface area contributed by atoms with Crippen LogP contribution in [0.5, 0.6) is 11.5 Å². The first kappa shape index (κ1) is 12.5.